The van der Waals surface area contributed by atoms with E-state index in [1.54, 1.807) is 0 Å². The van der Waals surface area contributed by atoms with Crippen LogP contribution in [0.3, 0.4) is 0 Å². The Labute approximate surface area is 107 Å². The predicted octanol–water partition coefficient (Wildman–Crippen LogP) is 2.89. The van der Waals surface area contributed by atoms with Crippen molar-refractivity contribution < 1.29 is 13.9 Å². The molecule has 0 saturated heterocycles. The quantitative estimate of drug-likeness (QED) is 0.872. The fourth-order valence-electron chi connectivity index (χ4n) is 1.35. The van der Waals surface area contributed by atoms with Gasteiger partial charge in [-0.25, -0.2) is 9.18 Å². The van der Waals surface area contributed by atoms with Gasteiger partial charge in [0.25, 0.3) is 0 Å². The molecule has 0 radical (unpaired) electrons. The Bertz CT molecular complexity index is 427. The maximum absolute atomic E-state index is 13.2. The molecule has 0 saturated carbocycles. The van der Waals surface area contributed by atoms with Gasteiger partial charge in [-0.15, -0.1) is 0 Å². The van der Waals surface area contributed by atoms with Crippen LogP contribution in [0.25, 0.3) is 0 Å². The monoisotopic (exact) mass is 254 g/mol. The van der Waals surface area contributed by atoms with Crippen LogP contribution in [0.4, 0.5) is 14.9 Å². The zero-order valence-electron chi connectivity index (χ0n) is 11.1. The molecule has 0 unspecified atom stereocenters. The molecule has 4 nitrogen and oxygen atoms in total. The molecule has 0 spiro atoms. The molecule has 100 valence electrons. The van der Waals surface area contributed by atoms with Crippen molar-refractivity contribution in [2.24, 2.45) is 0 Å². The number of carbonyl (C=O) groups excluding carboxylic acids is 1. The van der Waals surface area contributed by atoms with Crippen LogP contribution in [0, 0.1) is 5.82 Å². The molecule has 0 aliphatic rings. The van der Waals surface area contributed by atoms with E-state index in [0.29, 0.717) is 17.8 Å². The van der Waals surface area contributed by atoms with Gasteiger partial charge in [-0.05, 0) is 44.5 Å². The second kappa shape index (κ2) is 5.82. The summed E-state index contributed by atoms with van der Waals surface area (Å²) in [5.74, 6) is -0.337. The topological polar surface area (TPSA) is 50.4 Å². The zero-order chi connectivity index (χ0) is 13.8. The van der Waals surface area contributed by atoms with Crippen LogP contribution in [0.5, 0.6) is 0 Å². The highest BCUT2D eigenvalue weighted by molar-refractivity contribution is 5.85. The number of hydrogen-bond donors (Lipinski definition) is 2. The normalized spacial score (nSPS) is 11.2. The van der Waals surface area contributed by atoms with Gasteiger partial charge in [0.05, 0.1) is 7.11 Å². The van der Waals surface area contributed by atoms with E-state index < -0.39 is 6.09 Å². The molecule has 0 fully saturated rings. The molecule has 1 aromatic carbocycles. The number of halogens is 1. The highest BCUT2D eigenvalue weighted by Gasteiger charge is 2.12. The number of hydrogen-bond acceptors (Lipinski definition) is 3. The lowest BCUT2D eigenvalue weighted by Gasteiger charge is -2.21. The SMILES string of the molecule is COC(=O)Nc1ccc(F)cc1CNC(C)(C)C. The van der Waals surface area contributed by atoms with Crippen LogP contribution in [-0.4, -0.2) is 18.7 Å². The van der Waals surface area contributed by atoms with Crippen LogP contribution >= 0.6 is 0 Å². The van der Waals surface area contributed by atoms with Crippen molar-refractivity contribution in [3.05, 3.63) is 29.6 Å². The Kier molecular flexibility index (Phi) is 4.67. The minimum atomic E-state index is -0.571. The molecule has 0 atom stereocenters. The lowest BCUT2D eigenvalue weighted by atomic mass is 10.1. The van der Waals surface area contributed by atoms with Crippen molar-refractivity contribution >= 4 is 11.8 Å². The molecular formula is C13H19FN2O2. The third-order valence-electron chi connectivity index (χ3n) is 2.30. The fraction of sp³-hybridized carbons (Fsp3) is 0.462. The first-order valence-electron chi connectivity index (χ1n) is 5.70. The van der Waals surface area contributed by atoms with Crippen molar-refractivity contribution in [2.45, 2.75) is 32.9 Å². The van der Waals surface area contributed by atoms with E-state index in [0.717, 1.165) is 0 Å². The number of anilines is 1. The Hall–Kier alpha value is -1.62. The minimum Gasteiger partial charge on any atom is -0.453 e. The zero-order valence-corrected chi connectivity index (χ0v) is 11.1. The van der Waals surface area contributed by atoms with Gasteiger partial charge >= 0.3 is 6.09 Å². The predicted molar refractivity (Wildman–Crippen MR) is 69.0 cm³/mol. The highest BCUT2D eigenvalue weighted by atomic mass is 19.1. The summed E-state index contributed by atoms with van der Waals surface area (Å²) >= 11 is 0. The lowest BCUT2D eigenvalue weighted by molar-refractivity contribution is 0.187. The molecular weight excluding hydrogens is 235 g/mol. The van der Waals surface area contributed by atoms with E-state index in [2.05, 4.69) is 15.4 Å². The maximum atomic E-state index is 13.2. The van der Waals surface area contributed by atoms with Gasteiger partial charge in [-0.2, -0.15) is 0 Å². The minimum absolute atomic E-state index is 0.0884. The summed E-state index contributed by atoms with van der Waals surface area (Å²) in [6.45, 7) is 6.50. The number of carbonyl (C=O) groups is 1. The van der Waals surface area contributed by atoms with E-state index in [1.165, 1.54) is 25.3 Å². The molecule has 0 aliphatic heterocycles. The van der Waals surface area contributed by atoms with Gasteiger partial charge in [0, 0.05) is 17.8 Å². The fourth-order valence-corrected chi connectivity index (χ4v) is 1.35. The van der Waals surface area contributed by atoms with Crippen molar-refractivity contribution in [1.29, 1.82) is 0 Å². The second-order valence-corrected chi connectivity index (χ2v) is 5.02. The number of nitrogens with one attached hydrogen (secondary N) is 2. The number of amides is 1. The van der Waals surface area contributed by atoms with Crippen LogP contribution in [0.15, 0.2) is 18.2 Å². The third-order valence-corrected chi connectivity index (χ3v) is 2.30. The van der Waals surface area contributed by atoms with Crippen LogP contribution in [0.2, 0.25) is 0 Å². The summed E-state index contributed by atoms with van der Waals surface area (Å²) in [6, 6.07) is 4.21. The Morgan fingerprint density at radius 1 is 1.39 bits per heavy atom. The van der Waals surface area contributed by atoms with Crippen LogP contribution in [-0.2, 0) is 11.3 Å². The average Bonchev–Trinajstić information content (AvgIpc) is 2.28. The van der Waals surface area contributed by atoms with E-state index in [1.807, 2.05) is 20.8 Å². The first-order valence-corrected chi connectivity index (χ1v) is 5.70. The van der Waals surface area contributed by atoms with Crippen molar-refractivity contribution in [3.63, 3.8) is 0 Å². The summed E-state index contributed by atoms with van der Waals surface area (Å²) in [5, 5.41) is 5.79. The van der Waals surface area contributed by atoms with E-state index in [4.69, 9.17) is 0 Å². The molecule has 0 aromatic heterocycles. The van der Waals surface area contributed by atoms with E-state index >= 15 is 0 Å². The number of methoxy groups -OCH3 is 1. The first kappa shape index (κ1) is 14.4. The Morgan fingerprint density at radius 2 is 2.06 bits per heavy atom. The lowest BCUT2D eigenvalue weighted by Crippen LogP contribution is -2.35. The molecule has 1 rings (SSSR count). The smallest absolute Gasteiger partial charge is 0.411 e. The first-order chi connectivity index (χ1) is 8.31. The standard InChI is InChI=1S/C13H19FN2O2/c1-13(2,3)15-8-9-7-10(14)5-6-11(9)16-12(17)18-4/h5-7,15H,8H2,1-4H3,(H,16,17). The summed E-state index contributed by atoms with van der Waals surface area (Å²) in [4.78, 5) is 11.2. The van der Waals surface area contributed by atoms with E-state index in [9.17, 15) is 9.18 Å². The summed E-state index contributed by atoms with van der Waals surface area (Å²) in [6.07, 6.45) is -0.571. The van der Waals surface area contributed by atoms with Crippen molar-refractivity contribution in [2.75, 3.05) is 12.4 Å². The summed E-state index contributed by atoms with van der Waals surface area (Å²) < 4.78 is 17.7. The molecule has 18 heavy (non-hydrogen) atoms. The molecule has 1 amide bonds. The molecule has 1 aromatic rings. The largest absolute Gasteiger partial charge is 0.453 e. The molecule has 2 N–H and O–H groups in total. The Balaban J connectivity index is 2.86. The summed E-state index contributed by atoms with van der Waals surface area (Å²) in [7, 11) is 1.28. The summed E-state index contributed by atoms with van der Waals surface area (Å²) in [5.41, 5.74) is 1.13. The highest BCUT2D eigenvalue weighted by Crippen LogP contribution is 2.18. The van der Waals surface area contributed by atoms with Gasteiger partial charge in [-0.3, -0.25) is 5.32 Å². The molecule has 0 heterocycles. The van der Waals surface area contributed by atoms with Gasteiger partial charge in [0.15, 0.2) is 0 Å². The molecule has 0 bridgehead atoms. The van der Waals surface area contributed by atoms with E-state index in [-0.39, 0.29) is 11.4 Å². The van der Waals surface area contributed by atoms with Crippen molar-refractivity contribution in [1.82, 2.24) is 5.32 Å². The third kappa shape index (κ3) is 4.71. The van der Waals surface area contributed by atoms with Crippen molar-refractivity contribution in [3.8, 4) is 0 Å². The Morgan fingerprint density at radius 3 is 2.61 bits per heavy atom. The number of ether oxygens (including phenoxy) is 1. The average molecular weight is 254 g/mol. The van der Waals surface area contributed by atoms with Gasteiger partial charge in [0.1, 0.15) is 5.82 Å². The van der Waals surface area contributed by atoms with Crippen LogP contribution < -0.4 is 10.6 Å². The number of rotatable bonds is 3. The van der Waals surface area contributed by atoms with Gasteiger partial charge in [-0.1, -0.05) is 0 Å². The van der Waals surface area contributed by atoms with Crippen LogP contribution in [0.1, 0.15) is 26.3 Å². The van der Waals surface area contributed by atoms with Gasteiger partial charge in [0.2, 0.25) is 0 Å². The van der Waals surface area contributed by atoms with Gasteiger partial charge < -0.3 is 10.1 Å². The molecule has 0 aliphatic carbocycles. The number of benzene rings is 1. The second-order valence-electron chi connectivity index (χ2n) is 5.02. The molecule has 5 heteroatoms. The maximum Gasteiger partial charge on any atom is 0.411 e.